The van der Waals surface area contributed by atoms with E-state index < -0.39 is 18.1 Å². The first-order valence-corrected chi connectivity index (χ1v) is 8.72. The fourth-order valence-corrected chi connectivity index (χ4v) is 3.82. The van der Waals surface area contributed by atoms with Gasteiger partial charge < -0.3 is 20.6 Å². The molecule has 8 heteroatoms. The molecule has 0 radical (unpaired) electrons. The number of hydrogen-bond acceptors (Lipinski definition) is 4. The molecule has 0 bridgehead atoms. The summed E-state index contributed by atoms with van der Waals surface area (Å²) in [6.45, 7) is 1.32. The predicted octanol–water partition coefficient (Wildman–Crippen LogP) is 1.89. The van der Waals surface area contributed by atoms with E-state index >= 15 is 0 Å². The summed E-state index contributed by atoms with van der Waals surface area (Å²) in [5, 5.41) is 12.3. The van der Waals surface area contributed by atoms with Crippen molar-refractivity contribution in [2.75, 3.05) is 26.2 Å². The summed E-state index contributed by atoms with van der Waals surface area (Å²) < 4.78 is 5.56. The summed E-state index contributed by atoms with van der Waals surface area (Å²) >= 11 is 0. The van der Waals surface area contributed by atoms with E-state index in [2.05, 4.69) is 29.6 Å². The lowest BCUT2D eigenvalue weighted by Gasteiger charge is -2.32. The summed E-state index contributed by atoms with van der Waals surface area (Å²) in [4.78, 5) is 25.2. The van der Waals surface area contributed by atoms with Crippen LogP contribution in [0.15, 0.2) is 48.5 Å². The van der Waals surface area contributed by atoms with E-state index in [0.29, 0.717) is 13.1 Å². The van der Waals surface area contributed by atoms with Crippen LogP contribution in [0.5, 0.6) is 0 Å². The van der Waals surface area contributed by atoms with Gasteiger partial charge in [0.25, 0.3) is 0 Å². The van der Waals surface area contributed by atoms with Crippen molar-refractivity contribution in [3.63, 3.8) is 0 Å². The second-order valence-corrected chi connectivity index (χ2v) is 6.56. The average Bonchev–Trinajstić information content (AvgIpc) is 3.00. The molecule has 2 aliphatic rings. The Morgan fingerprint density at radius 3 is 2.21 bits per heavy atom. The number of fused-ring (bicyclic) bond motifs is 3. The molecule has 28 heavy (non-hydrogen) atoms. The van der Waals surface area contributed by atoms with Gasteiger partial charge in [-0.25, -0.2) is 9.59 Å². The number of benzene rings is 2. The number of hydrogen-bond donors (Lipinski definition) is 2. The number of piperazine rings is 1. The molecule has 1 amide bonds. The topological polar surface area (TPSA) is 110 Å². The number of carbonyl (C=O) groups is 2. The number of carboxylic acid groups (broad SMARTS) is 1. The van der Waals surface area contributed by atoms with Crippen molar-refractivity contribution in [2.24, 2.45) is 0 Å². The molecule has 4 rings (SSSR count). The maximum atomic E-state index is 12.5. The van der Waals surface area contributed by atoms with Crippen molar-refractivity contribution in [1.82, 2.24) is 10.2 Å². The summed E-state index contributed by atoms with van der Waals surface area (Å²) in [6.07, 6.45) is -0.569. The van der Waals surface area contributed by atoms with Crippen molar-refractivity contribution in [3.8, 4) is 11.1 Å². The lowest BCUT2D eigenvalue weighted by atomic mass is 9.98. The second-order valence-electron chi connectivity index (χ2n) is 6.56. The smallest absolute Gasteiger partial charge is 0.410 e. The van der Waals surface area contributed by atoms with Crippen molar-refractivity contribution >= 4 is 24.5 Å². The number of halogens is 1. The standard InChI is InChI=1S/C20H20N2O4.ClH.H2O/c23-19(24)18-11-21-9-10-22(18)20(25)26-12-17-15-7-3-1-5-13(15)14-6-2-4-8-16(14)17;;/h1-8,17-18,21H,9-12H2,(H,23,24);1H;1H2. The van der Waals surface area contributed by atoms with Crippen LogP contribution in [0.4, 0.5) is 4.79 Å². The first kappa shape index (κ1) is 21.7. The van der Waals surface area contributed by atoms with Crippen molar-refractivity contribution in [1.29, 1.82) is 0 Å². The normalized spacial score (nSPS) is 17.6. The molecular formula is C20H23ClN2O5. The third kappa shape index (κ3) is 3.82. The van der Waals surface area contributed by atoms with E-state index in [9.17, 15) is 14.7 Å². The second kappa shape index (κ2) is 9.05. The minimum absolute atomic E-state index is 0. The number of carbonyl (C=O) groups excluding carboxylic acids is 1. The zero-order valence-electron chi connectivity index (χ0n) is 15.1. The van der Waals surface area contributed by atoms with Crippen LogP contribution < -0.4 is 5.32 Å². The molecule has 4 N–H and O–H groups in total. The number of nitrogens with one attached hydrogen (secondary N) is 1. The number of rotatable bonds is 3. The zero-order chi connectivity index (χ0) is 18.1. The Kier molecular flexibility index (Phi) is 7.01. The van der Waals surface area contributed by atoms with E-state index in [4.69, 9.17) is 4.74 Å². The number of nitrogens with zero attached hydrogens (tertiary/aromatic N) is 1. The van der Waals surface area contributed by atoms with Gasteiger partial charge in [-0.05, 0) is 22.3 Å². The lowest BCUT2D eigenvalue weighted by molar-refractivity contribution is -0.143. The summed E-state index contributed by atoms with van der Waals surface area (Å²) in [7, 11) is 0. The lowest BCUT2D eigenvalue weighted by Crippen LogP contribution is -2.57. The predicted molar refractivity (Wildman–Crippen MR) is 107 cm³/mol. The Balaban J connectivity index is 0.00000140. The summed E-state index contributed by atoms with van der Waals surface area (Å²) in [5.41, 5.74) is 4.60. The number of aliphatic carboxylic acids is 1. The van der Waals surface area contributed by atoms with Gasteiger partial charge in [-0.1, -0.05) is 48.5 Å². The Morgan fingerprint density at radius 2 is 1.64 bits per heavy atom. The molecule has 1 heterocycles. The number of carboxylic acids is 1. The monoisotopic (exact) mass is 406 g/mol. The van der Waals surface area contributed by atoms with Crippen LogP contribution in [0.3, 0.4) is 0 Å². The molecule has 7 nitrogen and oxygen atoms in total. The first-order valence-electron chi connectivity index (χ1n) is 8.72. The van der Waals surface area contributed by atoms with Crippen LogP contribution in [-0.4, -0.2) is 59.8 Å². The fraction of sp³-hybridized carbons (Fsp3) is 0.300. The fourth-order valence-electron chi connectivity index (χ4n) is 3.82. The van der Waals surface area contributed by atoms with Gasteiger partial charge in [0.2, 0.25) is 0 Å². The first-order chi connectivity index (χ1) is 12.7. The maximum Gasteiger partial charge on any atom is 0.410 e. The van der Waals surface area contributed by atoms with Crippen molar-refractivity contribution in [3.05, 3.63) is 59.7 Å². The van der Waals surface area contributed by atoms with E-state index in [1.165, 1.54) is 4.90 Å². The zero-order valence-corrected chi connectivity index (χ0v) is 15.9. The highest BCUT2D eigenvalue weighted by Crippen LogP contribution is 2.44. The van der Waals surface area contributed by atoms with E-state index in [1.807, 2.05) is 24.3 Å². The highest BCUT2D eigenvalue weighted by molar-refractivity contribution is 5.85. The molecule has 0 saturated carbocycles. The molecule has 1 aliphatic heterocycles. The molecule has 0 aromatic heterocycles. The molecule has 1 fully saturated rings. The maximum absolute atomic E-state index is 12.5. The van der Waals surface area contributed by atoms with Crippen LogP contribution in [0.2, 0.25) is 0 Å². The van der Waals surface area contributed by atoms with Crippen molar-refractivity contribution in [2.45, 2.75) is 12.0 Å². The van der Waals surface area contributed by atoms with Gasteiger partial charge in [0.15, 0.2) is 0 Å². The minimum Gasteiger partial charge on any atom is -0.480 e. The van der Waals surface area contributed by atoms with Crippen LogP contribution in [0.25, 0.3) is 11.1 Å². The Labute approximate surface area is 169 Å². The average molecular weight is 407 g/mol. The van der Waals surface area contributed by atoms with Gasteiger partial charge in [-0.2, -0.15) is 0 Å². The highest BCUT2D eigenvalue weighted by atomic mass is 35.5. The molecule has 1 unspecified atom stereocenters. The van der Waals surface area contributed by atoms with Gasteiger partial charge in [-0.15, -0.1) is 12.4 Å². The highest BCUT2D eigenvalue weighted by Gasteiger charge is 2.34. The van der Waals surface area contributed by atoms with E-state index in [1.54, 1.807) is 0 Å². The van der Waals surface area contributed by atoms with Crippen LogP contribution in [0.1, 0.15) is 17.0 Å². The van der Waals surface area contributed by atoms with Gasteiger partial charge in [0.05, 0.1) is 0 Å². The third-order valence-corrected chi connectivity index (χ3v) is 5.10. The molecule has 1 saturated heterocycles. The van der Waals surface area contributed by atoms with E-state index in [0.717, 1.165) is 22.3 Å². The molecule has 2 aromatic rings. The van der Waals surface area contributed by atoms with Gasteiger partial charge in [0, 0.05) is 25.6 Å². The molecule has 1 aliphatic carbocycles. The third-order valence-electron chi connectivity index (χ3n) is 5.10. The molecule has 0 spiro atoms. The minimum atomic E-state index is -1.02. The molecule has 2 aromatic carbocycles. The van der Waals surface area contributed by atoms with Gasteiger partial charge in [-0.3, -0.25) is 4.90 Å². The SMILES string of the molecule is Cl.O.O=C(O)C1CNCCN1C(=O)OCC1c2ccccc2-c2ccccc21. The Morgan fingerprint density at radius 1 is 1.07 bits per heavy atom. The van der Waals surface area contributed by atoms with Crippen LogP contribution in [0, 0.1) is 0 Å². The number of amides is 1. The quantitative estimate of drug-likeness (QED) is 0.808. The Bertz CT molecular complexity index is 814. The molecule has 150 valence electrons. The molecule has 1 atom stereocenters. The van der Waals surface area contributed by atoms with Crippen molar-refractivity contribution < 1.29 is 24.9 Å². The Hall–Kier alpha value is -2.61. The summed E-state index contributed by atoms with van der Waals surface area (Å²) in [6, 6.07) is 15.3. The van der Waals surface area contributed by atoms with E-state index in [-0.39, 0.29) is 37.0 Å². The number of ether oxygens (including phenoxy) is 1. The van der Waals surface area contributed by atoms with Crippen LogP contribution >= 0.6 is 12.4 Å². The van der Waals surface area contributed by atoms with Crippen LogP contribution in [-0.2, 0) is 9.53 Å². The molecular weight excluding hydrogens is 384 g/mol. The van der Waals surface area contributed by atoms with Gasteiger partial charge >= 0.3 is 12.1 Å². The van der Waals surface area contributed by atoms with Gasteiger partial charge in [0.1, 0.15) is 12.6 Å². The largest absolute Gasteiger partial charge is 0.480 e. The summed E-state index contributed by atoms with van der Waals surface area (Å²) in [5.74, 6) is -1.05.